The molecule has 1 aromatic heterocycles. The SMILES string of the molecule is COCCN(C(=O)c1ccc(C#N)nc1)C1CCS(=O)(=O)C1. The molecular weight excluding hydrogens is 306 g/mol. The third-order valence-electron chi connectivity index (χ3n) is 3.57. The fourth-order valence-electron chi connectivity index (χ4n) is 2.41. The number of hydrogen-bond donors (Lipinski definition) is 0. The summed E-state index contributed by atoms with van der Waals surface area (Å²) in [4.78, 5) is 18.0. The van der Waals surface area contributed by atoms with Crippen LogP contribution in [0.4, 0.5) is 0 Å². The molecule has 7 nitrogen and oxygen atoms in total. The number of amides is 1. The van der Waals surface area contributed by atoms with Gasteiger partial charge in [-0.1, -0.05) is 0 Å². The van der Waals surface area contributed by atoms with Gasteiger partial charge in [0.1, 0.15) is 11.8 Å². The second-order valence-corrected chi connectivity index (χ2v) is 7.32. The molecule has 0 bridgehead atoms. The lowest BCUT2D eigenvalue weighted by Gasteiger charge is -2.28. The number of hydrogen-bond acceptors (Lipinski definition) is 6. The first-order valence-electron chi connectivity index (χ1n) is 6.83. The van der Waals surface area contributed by atoms with E-state index in [-0.39, 0.29) is 29.1 Å². The molecular formula is C14H17N3O4S. The molecule has 0 N–H and O–H groups in total. The zero-order chi connectivity index (χ0) is 16.2. The van der Waals surface area contributed by atoms with Gasteiger partial charge in [-0.05, 0) is 18.6 Å². The van der Waals surface area contributed by atoms with Crippen molar-refractivity contribution in [3.8, 4) is 6.07 Å². The van der Waals surface area contributed by atoms with Crippen LogP contribution in [-0.4, -0.2) is 62.0 Å². The monoisotopic (exact) mass is 323 g/mol. The van der Waals surface area contributed by atoms with Crippen molar-refractivity contribution in [2.75, 3.05) is 31.8 Å². The summed E-state index contributed by atoms with van der Waals surface area (Å²) in [5.74, 6) is -0.220. The zero-order valence-electron chi connectivity index (χ0n) is 12.2. The van der Waals surface area contributed by atoms with E-state index in [1.807, 2.05) is 6.07 Å². The van der Waals surface area contributed by atoms with Crippen LogP contribution in [0.15, 0.2) is 18.3 Å². The minimum absolute atomic E-state index is 0.0217. The van der Waals surface area contributed by atoms with Gasteiger partial charge in [0.25, 0.3) is 5.91 Å². The van der Waals surface area contributed by atoms with Crippen molar-refractivity contribution in [1.82, 2.24) is 9.88 Å². The van der Waals surface area contributed by atoms with Gasteiger partial charge in [0.2, 0.25) is 0 Å². The van der Waals surface area contributed by atoms with Gasteiger partial charge in [-0.15, -0.1) is 0 Å². The summed E-state index contributed by atoms with van der Waals surface area (Å²) in [5, 5.41) is 8.73. The zero-order valence-corrected chi connectivity index (χ0v) is 13.0. The molecule has 0 spiro atoms. The standard InChI is InChI=1S/C14H17N3O4S/c1-21-6-5-17(13-4-7-22(19,20)10-13)14(18)11-2-3-12(8-15)16-9-11/h2-3,9,13H,4-7,10H2,1H3. The highest BCUT2D eigenvalue weighted by atomic mass is 32.2. The van der Waals surface area contributed by atoms with Gasteiger partial charge in [-0.3, -0.25) is 4.79 Å². The molecule has 0 aromatic carbocycles. The second kappa shape index (κ2) is 6.85. The van der Waals surface area contributed by atoms with Crippen LogP contribution in [0.5, 0.6) is 0 Å². The smallest absolute Gasteiger partial charge is 0.255 e. The predicted molar refractivity (Wildman–Crippen MR) is 78.9 cm³/mol. The van der Waals surface area contributed by atoms with E-state index in [9.17, 15) is 13.2 Å². The van der Waals surface area contributed by atoms with Crippen LogP contribution in [0.2, 0.25) is 0 Å². The number of pyridine rings is 1. The lowest BCUT2D eigenvalue weighted by Crippen LogP contribution is -2.43. The van der Waals surface area contributed by atoms with Crippen LogP contribution >= 0.6 is 0 Å². The maximum absolute atomic E-state index is 12.6. The van der Waals surface area contributed by atoms with Crippen LogP contribution < -0.4 is 0 Å². The average Bonchev–Trinajstić information content (AvgIpc) is 2.87. The molecule has 1 fully saturated rings. The number of nitriles is 1. The molecule has 8 heteroatoms. The highest BCUT2D eigenvalue weighted by molar-refractivity contribution is 7.91. The Hall–Kier alpha value is -1.98. The van der Waals surface area contributed by atoms with Gasteiger partial charge in [-0.25, -0.2) is 13.4 Å². The first kappa shape index (κ1) is 16.4. The maximum atomic E-state index is 12.6. The molecule has 118 valence electrons. The Morgan fingerprint density at radius 1 is 1.55 bits per heavy atom. The van der Waals surface area contributed by atoms with E-state index in [0.717, 1.165) is 0 Å². The maximum Gasteiger partial charge on any atom is 0.255 e. The van der Waals surface area contributed by atoms with Gasteiger partial charge < -0.3 is 9.64 Å². The van der Waals surface area contributed by atoms with Crippen LogP contribution in [0.25, 0.3) is 0 Å². The molecule has 0 saturated carbocycles. The van der Waals surface area contributed by atoms with Gasteiger partial charge in [0.05, 0.1) is 23.7 Å². The molecule has 1 unspecified atom stereocenters. The van der Waals surface area contributed by atoms with Crippen molar-refractivity contribution in [2.45, 2.75) is 12.5 Å². The fourth-order valence-corrected chi connectivity index (χ4v) is 4.14. The molecule has 0 radical (unpaired) electrons. The first-order chi connectivity index (χ1) is 10.5. The van der Waals surface area contributed by atoms with Gasteiger partial charge in [0.15, 0.2) is 9.84 Å². The fraction of sp³-hybridized carbons (Fsp3) is 0.500. The summed E-state index contributed by atoms with van der Waals surface area (Å²) in [5.41, 5.74) is 0.558. The van der Waals surface area contributed by atoms with E-state index >= 15 is 0 Å². The van der Waals surface area contributed by atoms with Crippen LogP contribution in [0, 0.1) is 11.3 Å². The Kier molecular flexibility index (Phi) is 5.11. The summed E-state index contributed by atoms with van der Waals surface area (Å²) in [7, 11) is -1.56. The summed E-state index contributed by atoms with van der Waals surface area (Å²) in [6.07, 6.45) is 1.77. The molecule has 1 aromatic rings. The number of sulfone groups is 1. The van der Waals surface area contributed by atoms with Crippen LogP contribution in [0.1, 0.15) is 22.5 Å². The molecule has 0 aliphatic carbocycles. The molecule has 1 amide bonds. The number of ether oxygens (including phenoxy) is 1. The average molecular weight is 323 g/mol. The normalized spacial score (nSPS) is 19.5. The third kappa shape index (κ3) is 3.81. The molecule has 2 rings (SSSR count). The van der Waals surface area contributed by atoms with E-state index < -0.39 is 9.84 Å². The largest absolute Gasteiger partial charge is 0.383 e. The third-order valence-corrected chi connectivity index (χ3v) is 5.32. The topological polar surface area (TPSA) is 100 Å². The lowest BCUT2D eigenvalue weighted by atomic mass is 10.1. The Morgan fingerprint density at radius 2 is 2.32 bits per heavy atom. The minimum Gasteiger partial charge on any atom is -0.383 e. The Bertz CT molecular complexity index is 679. The Balaban J connectivity index is 2.20. The highest BCUT2D eigenvalue weighted by Gasteiger charge is 2.34. The van der Waals surface area contributed by atoms with Gasteiger partial charge in [0, 0.05) is 25.9 Å². The Morgan fingerprint density at radius 3 is 2.82 bits per heavy atom. The van der Waals surface area contributed by atoms with Crippen LogP contribution in [0.3, 0.4) is 0 Å². The number of nitrogens with zero attached hydrogens (tertiary/aromatic N) is 3. The molecule has 2 heterocycles. The molecule has 1 saturated heterocycles. The number of carbonyl (C=O) groups excluding carboxylic acids is 1. The summed E-state index contributed by atoms with van der Waals surface area (Å²) < 4.78 is 28.3. The highest BCUT2D eigenvalue weighted by Crippen LogP contribution is 2.20. The summed E-state index contributed by atoms with van der Waals surface area (Å²) in [6, 6.07) is 4.53. The van der Waals surface area contributed by atoms with Crippen molar-refractivity contribution in [2.24, 2.45) is 0 Å². The predicted octanol–water partition coefficient (Wildman–Crippen LogP) is 0.229. The van der Waals surface area contributed by atoms with E-state index in [1.165, 1.54) is 30.3 Å². The summed E-state index contributed by atoms with van der Waals surface area (Å²) in [6.45, 7) is 0.640. The van der Waals surface area contributed by atoms with Crippen molar-refractivity contribution in [3.63, 3.8) is 0 Å². The molecule has 22 heavy (non-hydrogen) atoms. The number of methoxy groups -OCH3 is 1. The first-order valence-corrected chi connectivity index (χ1v) is 8.65. The summed E-state index contributed by atoms with van der Waals surface area (Å²) >= 11 is 0. The quantitative estimate of drug-likeness (QED) is 0.769. The molecule has 1 aliphatic heterocycles. The van der Waals surface area contributed by atoms with Crippen molar-refractivity contribution < 1.29 is 17.9 Å². The van der Waals surface area contributed by atoms with Gasteiger partial charge in [-0.2, -0.15) is 5.26 Å². The van der Waals surface area contributed by atoms with Crippen molar-refractivity contribution >= 4 is 15.7 Å². The number of aromatic nitrogens is 1. The van der Waals surface area contributed by atoms with E-state index in [1.54, 1.807) is 0 Å². The minimum atomic E-state index is -3.09. The molecule has 1 atom stereocenters. The van der Waals surface area contributed by atoms with Crippen LogP contribution in [-0.2, 0) is 14.6 Å². The van der Waals surface area contributed by atoms with Gasteiger partial charge >= 0.3 is 0 Å². The Labute approximate surface area is 129 Å². The van der Waals surface area contributed by atoms with Crippen molar-refractivity contribution in [1.29, 1.82) is 5.26 Å². The lowest BCUT2D eigenvalue weighted by molar-refractivity contribution is 0.0624. The number of carbonyl (C=O) groups is 1. The second-order valence-electron chi connectivity index (χ2n) is 5.09. The van der Waals surface area contributed by atoms with E-state index in [4.69, 9.17) is 10.00 Å². The number of rotatable bonds is 5. The molecule has 1 aliphatic rings. The van der Waals surface area contributed by atoms with E-state index in [0.29, 0.717) is 25.1 Å². The van der Waals surface area contributed by atoms with E-state index in [2.05, 4.69) is 4.98 Å². The van der Waals surface area contributed by atoms with Crippen molar-refractivity contribution in [3.05, 3.63) is 29.6 Å².